The zero-order chi connectivity index (χ0) is 28.4. The van der Waals surface area contributed by atoms with Gasteiger partial charge in [-0.15, -0.1) is 0 Å². The molecular formula is C31H28N4O5. The lowest BCUT2D eigenvalue weighted by molar-refractivity contribution is 0.102. The number of hydrogen-bond acceptors (Lipinski definition) is 7. The third-order valence-electron chi connectivity index (χ3n) is 6.69. The molecular weight excluding hydrogens is 508 g/mol. The first kappa shape index (κ1) is 26.3. The Labute approximate surface area is 230 Å². The number of aromatic hydroxyl groups is 2. The molecule has 0 saturated heterocycles. The normalized spacial score (nSPS) is 10.9. The highest BCUT2D eigenvalue weighted by Gasteiger charge is 2.25. The molecule has 2 heterocycles. The highest BCUT2D eigenvalue weighted by Crippen LogP contribution is 2.34. The van der Waals surface area contributed by atoms with Gasteiger partial charge in [-0.2, -0.15) is 4.98 Å². The average Bonchev–Trinajstić information content (AvgIpc) is 3.26. The quantitative estimate of drug-likeness (QED) is 0.197. The van der Waals surface area contributed by atoms with E-state index in [0.717, 1.165) is 17.2 Å². The van der Waals surface area contributed by atoms with E-state index in [1.807, 2.05) is 41.8 Å². The fourth-order valence-electron chi connectivity index (χ4n) is 4.66. The average molecular weight is 537 g/mol. The number of ether oxygens (including phenoxy) is 1. The maximum atomic E-state index is 13.8. The molecule has 0 atom stereocenters. The van der Waals surface area contributed by atoms with E-state index in [1.165, 1.54) is 19.2 Å². The van der Waals surface area contributed by atoms with E-state index in [0.29, 0.717) is 39.5 Å². The Morgan fingerprint density at radius 1 is 0.975 bits per heavy atom. The zero-order valence-corrected chi connectivity index (χ0v) is 22.2. The zero-order valence-electron chi connectivity index (χ0n) is 22.2. The van der Waals surface area contributed by atoms with E-state index in [4.69, 9.17) is 4.74 Å². The first-order valence-electron chi connectivity index (χ1n) is 12.6. The summed E-state index contributed by atoms with van der Waals surface area (Å²) in [7, 11) is 3.28. The lowest BCUT2D eigenvalue weighted by atomic mass is 10.0. The van der Waals surface area contributed by atoms with Gasteiger partial charge >= 0.3 is 0 Å². The molecule has 0 aliphatic rings. The van der Waals surface area contributed by atoms with Crippen LogP contribution < -0.4 is 15.4 Å². The van der Waals surface area contributed by atoms with Crippen molar-refractivity contribution in [3.63, 3.8) is 0 Å². The van der Waals surface area contributed by atoms with Crippen molar-refractivity contribution in [3.05, 3.63) is 107 Å². The number of hydrogen-bond donors (Lipinski definition) is 4. The number of carbonyl (C=O) groups is 2. The largest absolute Gasteiger partial charge is 0.508 e. The number of pyridine rings is 1. The molecule has 0 saturated carbocycles. The minimum Gasteiger partial charge on any atom is -0.508 e. The molecule has 0 aliphatic carbocycles. The molecule has 5 aromatic rings. The summed E-state index contributed by atoms with van der Waals surface area (Å²) in [6.07, 6.45) is 0. The molecule has 0 fully saturated rings. The van der Waals surface area contributed by atoms with Crippen LogP contribution in [0.4, 0.5) is 11.5 Å². The SMILES string of the molecule is CNc1c(C(=O)c2ccc(C)cc2)c2ccc(OC)nc2n1Cc1ccccc1NC(=O)c1ccc(O)cc1O. The predicted molar refractivity (Wildman–Crippen MR) is 154 cm³/mol. The summed E-state index contributed by atoms with van der Waals surface area (Å²) in [6.45, 7) is 2.22. The van der Waals surface area contributed by atoms with Gasteiger partial charge in [0.15, 0.2) is 5.78 Å². The van der Waals surface area contributed by atoms with Gasteiger partial charge in [0, 0.05) is 35.8 Å². The first-order chi connectivity index (χ1) is 19.3. The highest BCUT2D eigenvalue weighted by molar-refractivity contribution is 6.20. The van der Waals surface area contributed by atoms with Crippen molar-refractivity contribution in [1.29, 1.82) is 0 Å². The Morgan fingerprint density at radius 3 is 2.42 bits per heavy atom. The Balaban J connectivity index is 1.60. The summed E-state index contributed by atoms with van der Waals surface area (Å²) >= 11 is 0. The van der Waals surface area contributed by atoms with Crippen LogP contribution in [0.5, 0.6) is 17.4 Å². The van der Waals surface area contributed by atoms with Crippen LogP contribution in [-0.2, 0) is 6.54 Å². The highest BCUT2D eigenvalue weighted by atomic mass is 16.5. The van der Waals surface area contributed by atoms with Crippen molar-refractivity contribution < 1.29 is 24.5 Å². The van der Waals surface area contributed by atoms with Crippen LogP contribution >= 0.6 is 0 Å². The van der Waals surface area contributed by atoms with Crippen molar-refractivity contribution in [2.75, 3.05) is 24.8 Å². The molecule has 1 amide bonds. The van der Waals surface area contributed by atoms with Crippen molar-refractivity contribution in [1.82, 2.24) is 9.55 Å². The summed E-state index contributed by atoms with van der Waals surface area (Å²) < 4.78 is 7.26. The molecule has 0 spiro atoms. The van der Waals surface area contributed by atoms with Gasteiger partial charge in [-0.05, 0) is 36.8 Å². The number of aryl methyl sites for hydroxylation is 1. The third kappa shape index (κ3) is 4.92. The molecule has 202 valence electrons. The lowest BCUT2D eigenvalue weighted by Gasteiger charge is -2.15. The Hall–Kier alpha value is -5.31. The van der Waals surface area contributed by atoms with Crippen LogP contribution in [0.3, 0.4) is 0 Å². The van der Waals surface area contributed by atoms with Gasteiger partial charge in [0.2, 0.25) is 5.88 Å². The van der Waals surface area contributed by atoms with Crippen molar-refractivity contribution in [3.8, 4) is 17.4 Å². The van der Waals surface area contributed by atoms with Crippen LogP contribution in [0, 0.1) is 6.92 Å². The van der Waals surface area contributed by atoms with E-state index in [2.05, 4.69) is 15.6 Å². The molecule has 0 radical (unpaired) electrons. The van der Waals surface area contributed by atoms with Crippen LogP contribution in [0.2, 0.25) is 0 Å². The van der Waals surface area contributed by atoms with Gasteiger partial charge in [-0.3, -0.25) is 9.59 Å². The second-order valence-electron chi connectivity index (χ2n) is 9.29. The number of amides is 1. The smallest absolute Gasteiger partial charge is 0.259 e. The van der Waals surface area contributed by atoms with Gasteiger partial charge in [-0.1, -0.05) is 48.0 Å². The van der Waals surface area contributed by atoms with E-state index < -0.39 is 5.91 Å². The number of methoxy groups -OCH3 is 1. The molecule has 40 heavy (non-hydrogen) atoms. The summed E-state index contributed by atoms with van der Waals surface area (Å²) in [6, 6.07) is 22.0. The molecule has 9 nitrogen and oxygen atoms in total. The molecule has 0 aliphatic heterocycles. The number of rotatable bonds is 8. The topological polar surface area (TPSA) is 126 Å². The minimum atomic E-state index is -0.536. The number of nitrogens with zero attached hydrogens (tertiary/aromatic N) is 2. The Bertz CT molecular complexity index is 1740. The van der Waals surface area contributed by atoms with Crippen molar-refractivity contribution in [2.24, 2.45) is 0 Å². The van der Waals surface area contributed by atoms with Crippen molar-refractivity contribution in [2.45, 2.75) is 13.5 Å². The summed E-state index contributed by atoms with van der Waals surface area (Å²) in [5, 5.41) is 26.4. The summed E-state index contributed by atoms with van der Waals surface area (Å²) in [5.74, 6) is -0.200. The van der Waals surface area contributed by atoms with E-state index >= 15 is 0 Å². The number of phenolic OH excluding ortho intramolecular Hbond substituents is 2. The van der Waals surface area contributed by atoms with Gasteiger partial charge in [0.05, 0.1) is 24.8 Å². The number of benzene rings is 3. The summed E-state index contributed by atoms with van der Waals surface area (Å²) in [4.78, 5) is 31.5. The van der Waals surface area contributed by atoms with Crippen LogP contribution in [0.1, 0.15) is 37.4 Å². The number of phenols is 2. The molecule has 3 aromatic carbocycles. The van der Waals surface area contributed by atoms with Gasteiger partial charge in [0.25, 0.3) is 5.91 Å². The van der Waals surface area contributed by atoms with Crippen LogP contribution in [-0.4, -0.2) is 45.6 Å². The van der Waals surface area contributed by atoms with Gasteiger partial charge < -0.3 is 30.2 Å². The number of fused-ring (bicyclic) bond motifs is 1. The van der Waals surface area contributed by atoms with Crippen LogP contribution in [0.25, 0.3) is 11.0 Å². The number of anilines is 2. The Kier molecular flexibility index (Phi) is 7.11. The molecule has 9 heteroatoms. The van der Waals surface area contributed by atoms with E-state index in [-0.39, 0.29) is 29.4 Å². The first-order valence-corrected chi connectivity index (χ1v) is 12.6. The number of aromatic nitrogens is 2. The lowest BCUT2D eigenvalue weighted by Crippen LogP contribution is -2.15. The fourth-order valence-corrected chi connectivity index (χ4v) is 4.66. The number of nitrogens with one attached hydrogen (secondary N) is 2. The molecule has 5 rings (SSSR count). The molecule has 4 N–H and O–H groups in total. The van der Waals surface area contributed by atoms with Crippen LogP contribution in [0.15, 0.2) is 78.9 Å². The van der Waals surface area contributed by atoms with Gasteiger partial charge in [0.1, 0.15) is 23.0 Å². The monoisotopic (exact) mass is 536 g/mol. The Morgan fingerprint density at radius 2 is 1.73 bits per heavy atom. The molecule has 0 unspecified atom stereocenters. The number of para-hydroxylation sites is 1. The minimum absolute atomic E-state index is 0.0207. The van der Waals surface area contributed by atoms with E-state index in [1.54, 1.807) is 37.4 Å². The predicted octanol–water partition coefficient (Wildman–Crippen LogP) is 5.34. The third-order valence-corrected chi connectivity index (χ3v) is 6.69. The number of ketones is 1. The maximum absolute atomic E-state index is 13.8. The second kappa shape index (κ2) is 10.8. The summed E-state index contributed by atoms with van der Waals surface area (Å²) in [5.41, 5.74) is 3.90. The standard InChI is InChI=1S/C31H28N4O5/c1-18-8-10-19(11-9-18)28(38)27-23-14-15-26(40-3)34-29(23)35(30(27)32-2)17-20-6-4-5-7-24(20)33-31(39)22-13-12-21(36)16-25(22)37/h4-16,32,36-37H,17H2,1-3H3,(H,33,39). The second-order valence-corrected chi connectivity index (χ2v) is 9.29. The van der Waals surface area contributed by atoms with Gasteiger partial charge in [-0.25, -0.2) is 0 Å². The molecule has 2 aromatic heterocycles. The maximum Gasteiger partial charge on any atom is 0.259 e. The van der Waals surface area contributed by atoms with E-state index in [9.17, 15) is 19.8 Å². The number of carbonyl (C=O) groups excluding carboxylic acids is 2. The van der Waals surface area contributed by atoms with Crippen molar-refractivity contribution >= 4 is 34.2 Å². The fraction of sp³-hybridized carbons (Fsp3) is 0.129. The molecule has 0 bridgehead atoms.